The van der Waals surface area contributed by atoms with Crippen LogP contribution < -0.4 is 0 Å². The first kappa shape index (κ1) is 8.43. The molecule has 3 nitrogen and oxygen atoms in total. The van der Waals surface area contributed by atoms with Crippen LogP contribution >= 0.6 is 0 Å². The van der Waals surface area contributed by atoms with Gasteiger partial charge in [0.15, 0.2) is 5.79 Å². The van der Waals surface area contributed by atoms with Gasteiger partial charge in [-0.15, -0.1) is 0 Å². The molecule has 0 spiro atoms. The van der Waals surface area contributed by atoms with Crippen LogP contribution in [0.3, 0.4) is 0 Å². The Hall–Kier alpha value is -0.670. The predicted octanol–water partition coefficient (Wildman–Crippen LogP) is 0.895. The molecule has 0 aromatic carbocycles. The Morgan fingerprint density at radius 2 is 2.09 bits per heavy atom. The van der Waals surface area contributed by atoms with Crippen molar-refractivity contribution in [3.8, 4) is 0 Å². The second-order valence-electron chi connectivity index (χ2n) is 2.42. The summed E-state index contributed by atoms with van der Waals surface area (Å²) < 4.78 is 10.6. The first-order chi connectivity index (χ1) is 5.33. The molecule has 3 heteroatoms. The van der Waals surface area contributed by atoms with Gasteiger partial charge >= 0.3 is 0 Å². The van der Waals surface area contributed by atoms with Crippen LogP contribution in [-0.4, -0.2) is 25.3 Å². The van der Waals surface area contributed by atoms with E-state index in [4.69, 9.17) is 9.47 Å². The van der Waals surface area contributed by atoms with Crippen LogP contribution in [0.5, 0.6) is 0 Å². The van der Waals surface area contributed by atoms with Gasteiger partial charge in [0.1, 0.15) is 6.29 Å². The van der Waals surface area contributed by atoms with Gasteiger partial charge in [-0.2, -0.15) is 0 Å². The second-order valence-corrected chi connectivity index (χ2v) is 2.42. The molecule has 1 saturated heterocycles. The van der Waals surface area contributed by atoms with Gasteiger partial charge in [-0.3, -0.25) is 0 Å². The van der Waals surface area contributed by atoms with Gasteiger partial charge in [0.25, 0.3) is 0 Å². The summed E-state index contributed by atoms with van der Waals surface area (Å²) in [5, 5.41) is 0. The van der Waals surface area contributed by atoms with E-state index in [2.05, 4.69) is 6.58 Å². The standard InChI is InChI=1S/C8H12O3/c1-2-8(4-3-5-9)10-6-7-11-8/h2,5H,1,3-4,6-7H2. The maximum absolute atomic E-state index is 10.1. The van der Waals surface area contributed by atoms with E-state index >= 15 is 0 Å². The normalized spacial score (nSPS) is 21.5. The van der Waals surface area contributed by atoms with Crippen LogP contribution in [0.4, 0.5) is 0 Å². The summed E-state index contributed by atoms with van der Waals surface area (Å²) in [6, 6.07) is 0. The van der Waals surface area contributed by atoms with Crippen molar-refractivity contribution in [2.45, 2.75) is 18.6 Å². The zero-order chi connectivity index (χ0) is 8.16. The Balaban J connectivity index is 2.45. The monoisotopic (exact) mass is 156 g/mol. The van der Waals surface area contributed by atoms with Crippen molar-refractivity contribution in [3.05, 3.63) is 12.7 Å². The van der Waals surface area contributed by atoms with Gasteiger partial charge in [0.05, 0.1) is 13.2 Å². The molecule has 0 N–H and O–H groups in total. The Labute approximate surface area is 66.0 Å². The molecule has 1 heterocycles. The molecular formula is C8H12O3. The number of aldehydes is 1. The molecule has 0 radical (unpaired) electrons. The smallest absolute Gasteiger partial charge is 0.188 e. The van der Waals surface area contributed by atoms with Gasteiger partial charge < -0.3 is 14.3 Å². The molecule has 0 aromatic heterocycles. The molecule has 62 valence electrons. The fourth-order valence-corrected chi connectivity index (χ4v) is 1.09. The summed E-state index contributed by atoms with van der Waals surface area (Å²) in [4.78, 5) is 10.1. The van der Waals surface area contributed by atoms with Gasteiger partial charge in [-0.1, -0.05) is 6.58 Å². The molecule has 0 amide bonds. The summed E-state index contributed by atoms with van der Waals surface area (Å²) >= 11 is 0. The average Bonchev–Trinajstić information content (AvgIpc) is 2.50. The SMILES string of the molecule is C=CC1(CCC=O)OCCO1. The minimum atomic E-state index is -0.680. The predicted molar refractivity (Wildman–Crippen MR) is 40.1 cm³/mol. The molecule has 1 aliphatic heterocycles. The van der Waals surface area contributed by atoms with Crippen molar-refractivity contribution in [1.82, 2.24) is 0 Å². The zero-order valence-corrected chi connectivity index (χ0v) is 6.41. The van der Waals surface area contributed by atoms with Crippen LogP contribution in [0.15, 0.2) is 12.7 Å². The molecule has 0 atom stereocenters. The van der Waals surface area contributed by atoms with Crippen molar-refractivity contribution in [2.24, 2.45) is 0 Å². The van der Waals surface area contributed by atoms with E-state index in [1.165, 1.54) is 0 Å². The van der Waals surface area contributed by atoms with Crippen LogP contribution in [0.2, 0.25) is 0 Å². The highest BCUT2D eigenvalue weighted by Gasteiger charge is 2.32. The molecule has 1 fully saturated rings. The second kappa shape index (κ2) is 3.64. The third-order valence-corrected chi connectivity index (χ3v) is 1.70. The Bertz CT molecular complexity index is 147. The molecular weight excluding hydrogens is 144 g/mol. The maximum Gasteiger partial charge on any atom is 0.188 e. The number of ether oxygens (including phenoxy) is 2. The lowest BCUT2D eigenvalue weighted by molar-refractivity contribution is -0.128. The molecule has 0 aliphatic carbocycles. The highest BCUT2D eigenvalue weighted by molar-refractivity contribution is 5.49. The van der Waals surface area contributed by atoms with Crippen LogP contribution in [0.25, 0.3) is 0 Å². The minimum absolute atomic E-state index is 0.450. The highest BCUT2D eigenvalue weighted by Crippen LogP contribution is 2.25. The zero-order valence-electron chi connectivity index (χ0n) is 6.41. The fraction of sp³-hybridized carbons (Fsp3) is 0.625. The summed E-state index contributed by atoms with van der Waals surface area (Å²) in [5.41, 5.74) is 0. The van der Waals surface area contributed by atoms with Crippen molar-refractivity contribution in [3.63, 3.8) is 0 Å². The van der Waals surface area contributed by atoms with E-state index in [-0.39, 0.29) is 0 Å². The number of carbonyl (C=O) groups is 1. The van der Waals surface area contributed by atoms with Gasteiger partial charge in [-0.25, -0.2) is 0 Å². The largest absolute Gasteiger partial charge is 0.344 e. The molecule has 1 rings (SSSR count). The van der Waals surface area contributed by atoms with Crippen molar-refractivity contribution >= 4 is 6.29 Å². The molecule has 1 aliphatic rings. The fourth-order valence-electron chi connectivity index (χ4n) is 1.09. The molecule has 0 unspecified atom stereocenters. The highest BCUT2D eigenvalue weighted by atomic mass is 16.7. The van der Waals surface area contributed by atoms with Gasteiger partial charge in [-0.05, 0) is 6.08 Å². The van der Waals surface area contributed by atoms with E-state index in [1.54, 1.807) is 6.08 Å². The van der Waals surface area contributed by atoms with E-state index in [1.807, 2.05) is 0 Å². The number of hydrogen-bond acceptors (Lipinski definition) is 3. The molecule has 0 saturated carbocycles. The Kier molecular flexibility index (Phi) is 2.79. The third kappa shape index (κ3) is 1.88. The quantitative estimate of drug-likeness (QED) is 0.448. The third-order valence-electron chi connectivity index (χ3n) is 1.70. The van der Waals surface area contributed by atoms with Crippen LogP contribution in [0, 0.1) is 0 Å². The van der Waals surface area contributed by atoms with E-state index in [0.29, 0.717) is 26.1 Å². The van der Waals surface area contributed by atoms with E-state index in [9.17, 15) is 4.79 Å². The summed E-state index contributed by atoms with van der Waals surface area (Å²) in [5.74, 6) is -0.680. The number of hydrogen-bond donors (Lipinski definition) is 0. The van der Waals surface area contributed by atoms with Crippen LogP contribution in [0.1, 0.15) is 12.8 Å². The lowest BCUT2D eigenvalue weighted by Crippen LogP contribution is -2.26. The topological polar surface area (TPSA) is 35.5 Å². The first-order valence-electron chi connectivity index (χ1n) is 3.68. The lowest BCUT2D eigenvalue weighted by atomic mass is 10.1. The van der Waals surface area contributed by atoms with Crippen molar-refractivity contribution in [2.75, 3.05) is 13.2 Å². The Morgan fingerprint density at radius 3 is 2.55 bits per heavy atom. The number of carbonyl (C=O) groups excluding carboxylic acids is 1. The van der Waals surface area contributed by atoms with Crippen LogP contribution in [-0.2, 0) is 14.3 Å². The lowest BCUT2D eigenvalue weighted by Gasteiger charge is -2.21. The van der Waals surface area contributed by atoms with Crippen molar-refractivity contribution < 1.29 is 14.3 Å². The summed E-state index contributed by atoms with van der Waals surface area (Å²) in [7, 11) is 0. The average molecular weight is 156 g/mol. The van der Waals surface area contributed by atoms with E-state index in [0.717, 1.165) is 6.29 Å². The van der Waals surface area contributed by atoms with Gasteiger partial charge in [0.2, 0.25) is 0 Å². The Morgan fingerprint density at radius 1 is 1.45 bits per heavy atom. The van der Waals surface area contributed by atoms with E-state index < -0.39 is 5.79 Å². The minimum Gasteiger partial charge on any atom is -0.344 e. The molecule has 0 bridgehead atoms. The molecule has 11 heavy (non-hydrogen) atoms. The number of rotatable bonds is 4. The summed E-state index contributed by atoms with van der Waals surface area (Å²) in [6.07, 6.45) is 3.49. The van der Waals surface area contributed by atoms with Crippen molar-refractivity contribution in [1.29, 1.82) is 0 Å². The summed E-state index contributed by atoms with van der Waals surface area (Å²) in [6.45, 7) is 4.78. The van der Waals surface area contributed by atoms with Gasteiger partial charge in [0, 0.05) is 12.8 Å². The maximum atomic E-state index is 10.1. The molecule has 0 aromatic rings. The first-order valence-corrected chi connectivity index (χ1v) is 3.68.